The number of ether oxygens (including phenoxy) is 1. The fourth-order valence-electron chi connectivity index (χ4n) is 3.27. The van der Waals surface area contributed by atoms with Crippen LogP contribution < -0.4 is 15.0 Å². The molecule has 1 N–H and O–H groups in total. The molecule has 2 aromatic carbocycles. The first-order valence-corrected chi connectivity index (χ1v) is 10.4. The van der Waals surface area contributed by atoms with Gasteiger partial charge in [-0.05, 0) is 31.2 Å². The molecule has 4 aromatic rings. The number of halogens is 3. The number of fused-ring (bicyclic) bond motifs is 1. The third-order valence-corrected chi connectivity index (χ3v) is 5.16. The summed E-state index contributed by atoms with van der Waals surface area (Å²) in [6, 6.07) is 10.2. The Bertz CT molecular complexity index is 1310. The number of benzene rings is 2. The summed E-state index contributed by atoms with van der Waals surface area (Å²) in [7, 11) is 1.53. The molecule has 0 aliphatic rings. The third-order valence-electron chi connectivity index (χ3n) is 4.84. The van der Waals surface area contributed by atoms with Crippen molar-refractivity contribution in [2.24, 2.45) is 0 Å². The van der Waals surface area contributed by atoms with Gasteiger partial charge < -0.3 is 15.0 Å². The number of nitrogens with one attached hydrogen (secondary N) is 1. The molecule has 0 aliphatic carbocycles. The second-order valence-corrected chi connectivity index (χ2v) is 7.29. The van der Waals surface area contributed by atoms with Gasteiger partial charge in [-0.25, -0.2) is 18.7 Å². The van der Waals surface area contributed by atoms with E-state index < -0.39 is 17.4 Å². The van der Waals surface area contributed by atoms with Crippen LogP contribution in [0.2, 0.25) is 5.02 Å². The van der Waals surface area contributed by atoms with Crippen molar-refractivity contribution in [3.8, 4) is 11.8 Å². The van der Waals surface area contributed by atoms with Crippen molar-refractivity contribution in [2.75, 3.05) is 18.5 Å². The molecule has 170 valence electrons. The standard InChI is InChI=1S/C22H19ClF2N6O2/c1-3-30-20-16(11-27-21(29-20)33-19-14(24)8-6-9-15(19)25)28-22(30)31(12-18(32)26-2)17-10-5-4-7-13(17)23/h4-11H,3,12H2,1-2H3,(H,26,32). The topological polar surface area (TPSA) is 85.2 Å². The lowest BCUT2D eigenvalue weighted by Gasteiger charge is -2.24. The van der Waals surface area contributed by atoms with E-state index in [1.54, 1.807) is 33.7 Å². The van der Waals surface area contributed by atoms with Crippen LogP contribution >= 0.6 is 11.6 Å². The van der Waals surface area contributed by atoms with Crippen LogP contribution in [-0.4, -0.2) is 39.0 Å². The van der Waals surface area contributed by atoms with Crippen molar-refractivity contribution < 1.29 is 18.3 Å². The van der Waals surface area contributed by atoms with Crippen molar-refractivity contribution >= 4 is 40.3 Å². The van der Waals surface area contributed by atoms with E-state index in [9.17, 15) is 13.6 Å². The number of carbonyl (C=O) groups is 1. The van der Waals surface area contributed by atoms with Crippen LogP contribution in [0.25, 0.3) is 11.2 Å². The lowest BCUT2D eigenvalue weighted by atomic mass is 10.3. The fourth-order valence-corrected chi connectivity index (χ4v) is 3.50. The summed E-state index contributed by atoms with van der Waals surface area (Å²) in [6.45, 7) is 2.24. The molecule has 0 saturated heterocycles. The Balaban J connectivity index is 1.81. The Morgan fingerprint density at radius 2 is 1.88 bits per heavy atom. The molecule has 1 amide bonds. The number of rotatable bonds is 7. The highest BCUT2D eigenvalue weighted by Gasteiger charge is 2.24. The van der Waals surface area contributed by atoms with Crippen LogP contribution in [0.4, 0.5) is 20.4 Å². The van der Waals surface area contributed by atoms with E-state index in [-0.39, 0.29) is 18.5 Å². The molecule has 0 fully saturated rings. The largest absolute Gasteiger partial charge is 0.418 e. The summed E-state index contributed by atoms with van der Waals surface area (Å²) >= 11 is 6.41. The minimum atomic E-state index is -0.876. The van der Waals surface area contributed by atoms with Crippen LogP contribution in [-0.2, 0) is 11.3 Å². The Labute approximate surface area is 192 Å². The minimum absolute atomic E-state index is 0.0548. The summed E-state index contributed by atoms with van der Waals surface area (Å²) in [5.74, 6) is -2.21. The van der Waals surface area contributed by atoms with Crippen molar-refractivity contribution in [3.05, 3.63) is 65.3 Å². The molecule has 0 aliphatic heterocycles. The van der Waals surface area contributed by atoms with Crippen molar-refractivity contribution in [2.45, 2.75) is 13.5 Å². The molecule has 2 heterocycles. The third kappa shape index (κ3) is 4.42. The zero-order valence-electron chi connectivity index (χ0n) is 17.7. The second-order valence-electron chi connectivity index (χ2n) is 6.88. The molecule has 0 radical (unpaired) electrons. The average molecular weight is 473 g/mol. The lowest BCUT2D eigenvalue weighted by molar-refractivity contribution is -0.119. The van der Waals surface area contributed by atoms with Gasteiger partial charge in [0.1, 0.15) is 12.1 Å². The van der Waals surface area contributed by atoms with Crippen molar-refractivity contribution in [3.63, 3.8) is 0 Å². The number of anilines is 2. The monoisotopic (exact) mass is 472 g/mol. The van der Waals surface area contributed by atoms with Gasteiger partial charge in [-0.3, -0.25) is 9.36 Å². The number of hydrogen-bond donors (Lipinski definition) is 1. The smallest absolute Gasteiger partial charge is 0.324 e. The highest BCUT2D eigenvalue weighted by molar-refractivity contribution is 6.33. The molecule has 0 unspecified atom stereocenters. The molecule has 8 nitrogen and oxygen atoms in total. The van der Waals surface area contributed by atoms with E-state index in [0.717, 1.165) is 12.1 Å². The van der Waals surface area contributed by atoms with Crippen LogP contribution in [0.5, 0.6) is 11.8 Å². The predicted octanol–water partition coefficient (Wildman–Crippen LogP) is 4.45. The quantitative estimate of drug-likeness (QED) is 0.427. The number of likely N-dealkylation sites (N-methyl/N-ethyl adjacent to an activating group) is 1. The number of amides is 1. The summed E-state index contributed by atoms with van der Waals surface area (Å²) in [6.07, 6.45) is 1.39. The number of nitrogens with zero attached hydrogens (tertiary/aromatic N) is 5. The van der Waals surface area contributed by atoms with Gasteiger partial charge in [-0.1, -0.05) is 29.8 Å². The maximum atomic E-state index is 14.0. The molecule has 0 atom stereocenters. The molecule has 0 spiro atoms. The predicted molar refractivity (Wildman–Crippen MR) is 120 cm³/mol. The second kappa shape index (κ2) is 9.37. The van der Waals surface area contributed by atoms with Gasteiger partial charge in [0.2, 0.25) is 17.6 Å². The Hall–Kier alpha value is -3.79. The van der Waals surface area contributed by atoms with Crippen molar-refractivity contribution in [1.29, 1.82) is 0 Å². The van der Waals surface area contributed by atoms with Crippen LogP contribution in [0.3, 0.4) is 0 Å². The first kappa shape index (κ1) is 22.4. The summed E-state index contributed by atoms with van der Waals surface area (Å²) in [4.78, 5) is 26.9. The molecule has 2 aromatic heterocycles. The first-order valence-electron chi connectivity index (χ1n) is 10.0. The maximum Gasteiger partial charge on any atom is 0.324 e. The maximum absolute atomic E-state index is 14.0. The lowest BCUT2D eigenvalue weighted by Crippen LogP contribution is -2.34. The van der Waals surface area contributed by atoms with Crippen LogP contribution in [0.1, 0.15) is 6.92 Å². The van der Waals surface area contributed by atoms with Crippen molar-refractivity contribution in [1.82, 2.24) is 24.8 Å². The molecule has 4 rings (SSSR count). The molecule has 33 heavy (non-hydrogen) atoms. The highest BCUT2D eigenvalue weighted by atomic mass is 35.5. The molecular weight excluding hydrogens is 454 g/mol. The van der Waals surface area contributed by atoms with Gasteiger partial charge >= 0.3 is 6.01 Å². The van der Waals surface area contributed by atoms with E-state index in [1.165, 1.54) is 19.3 Å². The van der Waals surface area contributed by atoms with E-state index in [4.69, 9.17) is 16.3 Å². The molecule has 11 heteroatoms. The summed E-state index contributed by atoms with van der Waals surface area (Å²) < 4.78 is 35.0. The number of carbonyl (C=O) groups excluding carboxylic acids is 1. The zero-order valence-corrected chi connectivity index (χ0v) is 18.5. The van der Waals surface area contributed by atoms with Gasteiger partial charge in [0.05, 0.1) is 16.9 Å². The van der Waals surface area contributed by atoms with Gasteiger partial charge in [-0.2, -0.15) is 4.98 Å². The SMILES string of the molecule is CCn1c(N(CC(=O)NC)c2ccccc2Cl)nc2cnc(Oc3c(F)cccc3F)nc21. The average Bonchev–Trinajstić information content (AvgIpc) is 3.18. The van der Waals surface area contributed by atoms with E-state index in [0.29, 0.717) is 34.4 Å². The summed E-state index contributed by atoms with van der Waals surface area (Å²) in [5, 5.41) is 3.02. The Morgan fingerprint density at radius 3 is 2.55 bits per heavy atom. The van der Waals surface area contributed by atoms with Crippen LogP contribution in [0, 0.1) is 11.6 Å². The fraction of sp³-hybridized carbons (Fsp3) is 0.182. The number of para-hydroxylation sites is 2. The van der Waals surface area contributed by atoms with E-state index >= 15 is 0 Å². The molecular formula is C22H19ClF2N6O2. The number of aryl methyl sites for hydroxylation is 1. The Morgan fingerprint density at radius 1 is 1.15 bits per heavy atom. The molecule has 0 bridgehead atoms. The normalized spacial score (nSPS) is 10.9. The first-order chi connectivity index (χ1) is 15.9. The van der Waals surface area contributed by atoms with E-state index in [2.05, 4.69) is 20.3 Å². The molecule has 0 saturated carbocycles. The summed E-state index contributed by atoms with van der Waals surface area (Å²) in [5.41, 5.74) is 1.34. The van der Waals surface area contributed by atoms with Crippen LogP contribution in [0.15, 0.2) is 48.7 Å². The zero-order chi connectivity index (χ0) is 23.5. The minimum Gasteiger partial charge on any atom is -0.418 e. The van der Waals surface area contributed by atoms with Gasteiger partial charge in [0, 0.05) is 13.6 Å². The Kier molecular flexibility index (Phi) is 6.36. The van der Waals surface area contributed by atoms with Gasteiger partial charge in [0.25, 0.3) is 0 Å². The van der Waals surface area contributed by atoms with Gasteiger partial charge in [0.15, 0.2) is 17.3 Å². The van der Waals surface area contributed by atoms with Gasteiger partial charge in [-0.15, -0.1) is 0 Å². The number of imidazole rings is 1. The number of hydrogen-bond acceptors (Lipinski definition) is 6. The highest BCUT2D eigenvalue weighted by Crippen LogP contribution is 2.33. The number of aromatic nitrogens is 4. The van der Waals surface area contributed by atoms with E-state index in [1.807, 2.05) is 6.92 Å².